The van der Waals surface area contributed by atoms with Crippen molar-refractivity contribution in [2.24, 2.45) is 5.92 Å². The number of aryl methyl sites for hydroxylation is 1. The second-order valence-electron chi connectivity index (χ2n) is 9.13. The van der Waals surface area contributed by atoms with E-state index in [1.165, 1.54) is 6.42 Å². The SMILES string of the molecule is Cc1cc(=O)c(C(=O)N2CC3CCC2C3)c2n1-c1ccccc1SC(c1ccccn1)C2. The predicted molar refractivity (Wildman–Crippen MR) is 125 cm³/mol. The lowest BCUT2D eigenvalue weighted by Crippen LogP contribution is -2.41. The standard InChI is InChI=1S/C26H25N3O2S/c1-16-12-22(30)25(26(31)28-15-17-9-10-18(28)13-17)21-14-24(19-6-4-5-11-27-19)32-23-8-3-2-7-20(23)29(16)21/h2-8,11-12,17-18,24H,9-10,13-15H2,1H3. The summed E-state index contributed by atoms with van der Waals surface area (Å²) in [7, 11) is 0. The summed E-state index contributed by atoms with van der Waals surface area (Å²) >= 11 is 1.76. The third-order valence-electron chi connectivity index (χ3n) is 7.15. The van der Waals surface area contributed by atoms with Crippen LogP contribution in [-0.4, -0.2) is 32.9 Å². The van der Waals surface area contributed by atoms with E-state index in [4.69, 9.17) is 0 Å². The summed E-state index contributed by atoms with van der Waals surface area (Å²) in [5, 5.41) is 0.0221. The maximum Gasteiger partial charge on any atom is 0.259 e. The van der Waals surface area contributed by atoms with Crippen molar-refractivity contribution in [3.05, 3.63) is 87.6 Å². The molecule has 2 aromatic heterocycles. The first-order chi connectivity index (χ1) is 15.6. The van der Waals surface area contributed by atoms with E-state index in [0.717, 1.165) is 47.1 Å². The van der Waals surface area contributed by atoms with Gasteiger partial charge in [0.15, 0.2) is 5.43 Å². The average Bonchev–Trinajstić information content (AvgIpc) is 3.39. The maximum absolute atomic E-state index is 13.8. The molecule has 3 atom stereocenters. The highest BCUT2D eigenvalue weighted by molar-refractivity contribution is 7.99. The number of aromatic nitrogens is 2. The third-order valence-corrected chi connectivity index (χ3v) is 8.45. The van der Waals surface area contributed by atoms with Crippen LogP contribution >= 0.6 is 11.8 Å². The molecule has 2 bridgehead atoms. The molecule has 0 spiro atoms. The van der Waals surface area contributed by atoms with Gasteiger partial charge in [-0.3, -0.25) is 14.6 Å². The molecular weight excluding hydrogens is 418 g/mol. The van der Waals surface area contributed by atoms with Crippen molar-refractivity contribution in [1.29, 1.82) is 0 Å². The number of carbonyl (C=O) groups is 1. The van der Waals surface area contributed by atoms with Crippen LogP contribution < -0.4 is 5.43 Å². The Kier molecular flexibility index (Phi) is 4.72. The molecule has 4 heterocycles. The minimum atomic E-state index is -0.161. The molecule has 162 valence electrons. The molecule has 1 saturated carbocycles. The van der Waals surface area contributed by atoms with E-state index in [1.807, 2.05) is 48.4 Å². The van der Waals surface area contributed by atoms with Crippen LogP contribution in [0.5, 0.6) is 0 Å². The van der Waals surface area contributed by atoms with Gasteiger partial charge in [-0.1, -0.05) is 18.2 Å². The molecule has 2 fully saturated rings. The van der Waals surface area contributed by atoms with Crippen LogP contribution in [0.4, 0.5) is 0 Å². The highest BCUT2D eigenvalue weighted by Gasteiger charge is 2.42. The first kappa shape index (κ1) is 19.8. The summed E-state index contributed by atoms with van der Waals surface area (Å²) in [4.78, 5) is 34.8. The number of carbonyl (C=O) groups excluding carboxylic acids is 1. The number of piperidine rings is 1. The molecule has 6 rings (SSSR count). The van der Waals surface area contributed by atoms with Crippen LogP contribution in [0.3, 0.4) is 0 Å². The third kappa shape index (κ3) is 3.12. The van der Waals surface area contributed by atoms with Crippen molar-refractivity contribution in [2.45, 2.75) is 48.8 Å². The van der Waals surface area contributed by atoms with E-state index in [2.05, 4.69) is 21.7 Å². The van der Waals surface area contributed by atoms with Crippen LogP contribution in [0.25, 0.3) is 5.69 Å². The van der Waals surface area contributed by atoms with Crippen molar-refractivity contribution in [2.75, 3.05) is 6.54 Å². The Bertz CT molecular complexity index is 1270. The van der Waals surface area contributed by atoms with Gasteiger partial charge in [0.2, 0.25) is 0 Å². The Morgan fingerprint density at radius 3 is 2.72 bits per heavy atom. The van der Waals surface area contributed by atoms with Crippen LogP contribution in [0, 0.1) is 12.8 Å². The highest BCUT2D eigenvalue weighted by Crippen LogP contribution is 2.44. The molecule has 0 radical (unpaired) electrons. The number of nitrogens with zero attached hydrogens (tertiary/aromatic N) is 3. The molecule has 1 saturated heterocycles. The van der Waals surface area contributed by atoms with Crippen molar-refractivity contribution in [3.63, 3.8) is 0 Å². The lowest BCUT2D eigenvalue weighted by molar-refractivity contribution is 0.0700. The number of fused-ring (bicyclic) bond motifs is 5. The predicted octanol–water partition coefficient (Wildman–Crippen LogP) is 4.55. The Balaban J connectivity index is 1.55. The number of thioether (sulfide) groups is 1. The summed E-state index contributed by atoms with van der Waals surface area (Å²) in [6.45, 7) is 2.74. The van der Waals surface area contributed by atoms with E-state index < -0.39 is 0 Å². The number of hydrogen-bond donors (Lipinski definition) is 0. The summed E-state index contributed by atoms with van der Waals surface area (Å²) < 4.78 is 2.13. The average molecular weight is 444 g/mol. The molecule has 1 aliphatic carbocycles. The minimum Gasteiger partial charge on any atom is -0.335 e. The van der Waals surface area contributed by atoms with Crippen molar-refractivity contribution >= 4 is 17.7 Å². The quantitative estimate of drug-likeness (QED) is 0.583. The van der Waals surface area contributed by atoms with Crippen molar-refractivity contribution in [1.82, 2.24) is 14.5 Å². The molecule has 3 unspecified atom stereocenters. The highest BCUT2D eigenvalue weighted by atomic mass is 32.2. The van der Waals surface area contributed by atoms with E-state index in [1.54, 1.807) is 17.8 Å². The van der Waals surface area contributed by atoms with Crippen molar-refractivity contribution < 1.29 is 4.79 Å². The first-order valence-electron chi connectivity index (χ1n) is 11.3. The van der Waals surface area contributed by atoms with E-state index in [0.29, 0.717) is 17.9 Å². The molecule has 3 aromatic rings. The summed E-state index contributed by atoms with van der Waals surface area (Å²) in [6, 6.07) is 16.1. The molecule has 3 aliphatic rings. The Morgan fingerprint density at radius 2 is 1.97 bits per heavy atom. The lowest BCUT2D eigenvalue weighted by Gasteiger charge is -2.28. The topological polar surface area (TPSA) is 55.2 Å². The first-order valence-corrected chi connectivity index (χ1v) is 12.2. The van der Waals surface area contributed by atoms with Gasteiger partial charge in [-0.25, -0.2) is 0 Å². The van der Waals surface area contributed by atoms with Gasteiger partial charge in [0.25, 0.3) is 5.91 Å². The summed E-state index contributed by atoms with van der Waals surface area (Å²) in [5.74, 6) is 0.503. The molecule has 0 N–H and O–H groups in total. The molecule has 32 heavy (non-hydrogen) atoms. The zero-order valence-electron chi connectivity index (χ0n) is 18.0. The van der Waals surface area contributed by atoms with Gasteiger partial charge >= 0.3 is 0 Å². The Labute approximate surface area is 191 Å². The zero-order valence-corrected chi connectivity index (χ0v) is 18.8. The molecule has 1 amide bonds. The number of para-hydroxylation sites is 1. The smallest absolute Gasteiger partial charge is 0.259 e. The second-order valence-corrected chi connectivity index (χ2v) is 10.4. The van der Waals surface area contributed by atoms with Gasteiger partial charge in [-0.05, 0) is 56.4 Å². The normalized spacial score (nSPS) is 23.5. The molecule has 5 nitrogen and oxygen atoms in total. The van der Waals surface area contributed by atoms with Crippen molar-refractivity contribution in [3.8, 4) is 5.69 Å². The van der Waals surface area contributed by atoms with Crippen LogP contribution in [0.1, 0.15) is 52.0 Å². The number of benzene rings is 1. The number of hydrogen-bond acceptors (Lipinski definition) is 4. The van der Waals surface area contributed by atoms with Gasteiger partial charge in [-0.15, -0.1) is 11.8 Å². The van der Waals surface area contributed by atoms with E-state index in [9.17, 15) is 9.59 Å². The van der Waals surface area contributed by atoms with Crippen LogP contribution in [-0.2, 0) is 6.42 Å². The van der Waals surface area contributed by atoms with E-state index in [-0.39, 0.29) is 22.6 Å². The fourth-order valence-corrected chi connectivity index (χ4v) is 6.96. The summed E-state index contributed by atoms with van der Waals surface area (Å²) in [5.41, 5.74) is 3.86. The Hall–Kier alpha value is -2.86. The molecule has 6 heteroatoms. The Morgan fingerprint density at radius 1 is 1.12 bits per heavy atom. The number of likely N-dealkylation sites (tertiary alicyclic amines) is 1. The number of amides is 1. The molecular formula is C26H25N3O2S. The maximum atomic E-state index is 13.8. The van der Waals surface area contributed by atoms with Gasteiger partial charge in [0.05, 0.1) is 16.6 Å². The van der Waals surface area contributed by atoms with Gasteiger partial charge in [0, 0.05) is 47.6 Å². The van der Waals surface area contributed by atoms with Gasteiger partial charge < -0.3 is 9.47 Å². The van der Waals surface area contributed by atoms with E-state index >= 15 is 0 Å². The fraction of sp³-hybridized carbons (Fsp3) is 0.346. The van der Waals surface area contributed by atoms with Gasteiger partial charge in [-0.2, -0.15) is 0 Å². The second kappa shape index (κ2) is 7.62. The minimum absolute atomic E-state index is 0.0221. The van der Waals surface area contributed by atoms with Crippen LogP contribution in [0.2, 0.25) is 0 Å². The number of rotatable bonds is 2. The molecule has 1 aromatic carbocycles. The largest absolute Gasteiger partial charge is 0.335 e. The van der Waals surface area contributed by atoms with Gasteiger partial charge in [0.1, 0.15) is 5.56 Å². The van der Waals surface area contributed by atoms with Crippen LogP contribution in [0.15, 0.2) is 64.4 Å². The monoisotopic (exact) mass is 443 g/mol. The fourth-order valence-electron chi connectivity index (χ4n) is 5.71. The lowest BCUT2D eigenvalue weighted by atomic mass is 10.0. The number of pyridine rings is 2. The molecule has 2 aliphatic heterocycles. The zero-order chi connectivity index (χ0) is 21.8. The summed E-state index contributed by atoms with van der Waals surface area (Å²) in [6.07, 6.45) is 5.72.